The molecule has 0 aliphatic heterocycles. The quantitative estimate of drug-likeness (QED) is 0.617. The van der Waals surface area contributed by atoms with E-state index in [1.165, 1.54) is 10.5 Å². The number of thioether (sulfide) groups is 1. The zero-order valence-electron chi connectivity index (χ0n) is 13.8. The van der Waals surface area contributed by atoms with Gasteiger partial charge in [-0.25, -0.2) is 0 Å². The van der Waals surface area contributed by atoms with E-state index in [4.69, 9.17) is 4.74 Å². The van der Waals surface area contributed by atoms with Gasteiger partial charge in [-0.2, -0.15) is 0 Å². The van der Waals surface area contributed by atoms with Gasteiger partial charge in [0.1, 0.15) is 5.75 Å². The zero-order valence-corrected chi connectivity index (χ0v) is 14.7. The largest absolute Gasteiger partial charge is 0.481 e. The first-order chi connectivity index (χ1) is 11.1. The summed E-state index contributed by atoms with van der Waals surface area (Å²) in [6.07, 6.45) is -0.501. The normalized spacial score (nSPS) is 11.8. The van der Waals surface area contributed by atoms with Crippen LogP contribution in [0.3, 0.4) is 0 Å². The molecule has 122 valence electrons. The maximum absolute atomic E-state index is 12.1. The van der Waals surface area contributed by atoms with E-state index in [9.17, 15) is 4.79 Å². The number of aryl methyl sites for hydroxylation is 2. The van der Waals surface area contributed by atoms with Crippen molar-refractivity contribution >= 4 is 17.7 Å². The number of hydrogen-bond acceptors (Lipinski definition) is 3. The average Bonchev–Trinajstić information content (AvgIpc) is 2.55. The topological polar surface area (TPSA) is 38.3 Å². The number of rotatable bonds is 7. The van der Waals surface area contributed by atoms with Gasteiger partial charge in [0, 0.05) is 17.2 Å². The van der Waals surface area contributed by atoms with E-state index in [1.54, 1.807) is 18.7 Å². The van der Waals surface area contributed by atoms with E-state index >= 15 is 0 Å². The summed E-state index contributed by atoms with van der Waals surface area (Å²) in [5, 5.41) is 2.91. The highest BCUT2D eigenvalue weighted by Crippen LogP contribution is 2.18. The fourth-order valence-corrected chi connectivity index (χ4v) is 2.84. The molecule has 2 aromatic rings. The lowest BCUT2D eigenvalue weighted by Gasteiger charge is -2.15. The highest BCUT2D eigenvalue weighted by atomic mass is 32.2. The Hall–Kier alpha value is -1.94. The molecule has 0 unspecified atom stereocenters. The van der Waals surface area contributed by atoms with Crippen LogP contribution in [0, 0.1) is 13.8 Å². The Morgan fingerprint density at radius 2 is 1.87 bits per heavy atom. The molecule has 0 bridgehead atoms. The Labute approximate surface area is 142 Å². The SMILES string of the molecule is Cc1ccc(O[C@H](C)C(=O)NCCSc2ccccc2)cc1C. The molecule has 0 heterocycles. The Morgan fingerprint density at radius 1 is 1.13 bits per heavy atom. The van der Waals surface area contributed by atoms with Gasteiger partial charge in [-0.1, -0.05) is 24.3 Å². The summed E-state index contributed by atoms with van der Waals surface area (Å²) in [6.45, 7) is 6.49. The van der Waals surface area contributed by atoms with Crippen molar-refractivity contribution in [2.75, 3.05) is 12.3 Å². The first kappa shape index (κ1) is 17.4. The second kappa shape index (κ2) is 8.63. The van der Waals surface area contributed by atoms with Crippen molar-refractivity contribution in [2.45, 2.75) is 31.8 Å². The van der Waals surface area contributed by atoms with Crippen LogP contribution in [0.1, 0.15) is 18.1 Å². The van der Waals surface area contributed by atoms with E-state index in [0.29, 0.717) is 6.54 Å². The van der Waals surface area contributed by atoms with Gasteiger partial charge in [-0.05, 0) is 56.2 Å². The molecule has 0 aromatic heterocycles. The van der Waals surface area contributed by atoms with Crippen molar-refractivity contribution in [1.29, 1.82) is 0 Å². The molecule has 2 aromatic carbocycles. The van der Waals surface area contributed by atoms with E-state index in [0.717, 1.165) is 17.1 Å². The van der Waals surface area contributed by atoms with Crippen LogP contribution in [0.5, 0.6) is 5.75 Å². The second-order valence-corrected chi connectivity index (χ2v) is 6.63. The van der Waals surface area contributed by atoms with Gasteiger partial charge in [0.2, 0.25) is 0 Å². The molecule has 4 heteroatoms. The number of amides is 1. The predicted molar refractivity (Wildman–Crippen MR) is 96.2 cm³/mol. The van der Waals surface area contributed by atoms with Gasteiger partial charge in [-0.3, -0.25) is 4.79 Å². The third-order valence-electron chi connectivity index (χ3n) is 3.57. The lowest BCUT2D eigenvalue weighted by molar-refractivity contribution is -0.127. The molecule has 1 amide bonds. The summed E-state index contributed by atoms with van der Waals surface area (Å²) in [4.78, 5) is 13.3. The summed E-state index contributed by atoms with van der Waals surface area (Å²) in [5.74, 6) is 1.48. The monoisotopic (exact) mass is 329 g/mol. The molecule has 0 fully saturated rings. The summed E-state index contributed by atoms with van der Waals surface area (Å²) in [7, 11) is 0. The minimum absolute atomic E-state index is 0.0862. The molecule has 0 saturated carbocycles. The maximum Gasteiger partial charge on any atom is 0.260 e. The number of carbonyl (C=O) groups excluding carboxylic acids is 1. The molecular formula is C19H23NO2S. The smallest absolute Gasteiger partial charge is 0.260 e. The molecule has 23 heavy (non-hydrogen) atoms. The van der Waals surface area contributed by atoms with Gasteiger partial charge in [-0.15, -0.1) is 11.8 Å². The van der Waals surface area contributed by atoms with Crippen LogP contribution in [0.4, 0.5) is 0 Å². The van der Waals surface area contributed by atoms with Gasteiger partial charge in [0.05, 0.1) is 0 Å². The highest BCUT2D eigenvalue weighted by Gasteiger charge is 2.14. The van der Waals surface area contributed by atoms with Crippen LogP contribution in [0.25, 0.3) is 0 Å². The van der Waals surface area contributed by atoms with Crippen molar-refractivity contribution in [1.82, 2.24) is 5.32 Å². The standard InChI is InChI=1S/C19H23NO2S/c1-14-9-10-17(13-15(14)2)22-16(3)19(21)20-11-12-23-18-7-5-4-6-8-18/h4-10,13,16H,11-12H2,1-3H3,(H,20,21)/t16-/m1/s1. The number of hydrogen-bond donors (Lipinski definition) is 1. The van der Waals surface area contributed by atoms with Gasteiger partial charge in [0.25, 0.3) is 5.91 Å². The first-order valence-corrected chi connectivity index (χ1v) is 8.74. The lowest BCUT2D eigenvalue weighted by Crippen LogP contribution is -2.37. The van der Waals surface area contributed by atoms with E-state index in [1.807, 2.05) is 43.3 Å². The minimum Gasteiger partial charge on any atom is -0.481 e. The molecule has 2 rings (SSSR count). The Morgan fingerprint density at radius 3 is 2.57 bits per heavy atom. The van der Waals surface area contributed by atoms with Crippen molar-refractivity contribution in [3.63, 3.8) is 0 Å². The summed E-state index contributed by atoms with van der Waals surface area (Å²) >= 11 is 1.73. The summed E-state index contributed by atoms with van der Waals surface area (Å²) in [6, 6.07) is 16.0. The van der Waals surface area contributed by atoms with Crippen molar-refractivity contribution in [3.8, 4) is 5.75 Å². The zero-order chi connectivity index (χ0) is 16.7. The minimum atomic E-state index is -0.501. The Balaban J connectivity index is 1.73. The van der Waals surface area contributed by atoms with Crippen LogP contribution in [-0.2, 0) is 4.79 Å². The Bertz CT molecular complexity index is 643. The predicted octanol–water partition coefficient (Wildman–Crippen LogP) is 3.98. The van der Waals surface area contributed by atoms with E-state index in [-0.39, 0.29) is 5.91 Å². The first-order valence-electron chi connectivity index (χ1n) is 7.76. The van der Waals surface area contributed by atoms with Gasteiger partial charge in [0.15, 0.2) is 6.10 Å². The number of nitrogens with one attached hydrogen (secondary N) is 1. The lowest BCUT2D eigenvalue weighted by atomic mass is 10.1. The van der Waals surface area contributed by atoms with Crippen LogP contribution in [0.15, 0.2) is 53.4 Å². The van der Waals surface area contributed by atoms with Crippen LogP contribution < -0.4 is 10.1 Å². The molecule has 1 N–H and O–H groups in total. The third-order valence-corrected chi connectivity index (χ3v) is 4.59. The molecule has 0 aliphatic carbocycles. The van der Waals surface area contributed by atoms with Crippen molar-refractivity contribution < 1.29 is 9.53 Å². The van der Waals surface area contributed by atoms with Gasteiger partial charge < -0.3 is 10.1 Å². The van der Waals surface area contributed by atoms with E-state index < -0.39 is 6.10 Å². The fourth-order valence-electron chi connectivity index (χ4n) is 2.05. The van der Waals surface area contributed by atoms with Crippen molar-refractivity contribution in [2.24, 2.45) is 0 Å². The molecule has 0 aliphatic rings. The van der Waals surface area contributed by atoms with Crippen LogP contribution in [0.2, 0.25) is 0 Å². The molecule has 1 atom stereocenters. The van der Waals surface area contributed by atoms with Gasteiger partial charge >= 0.3 is 0 Å². The third kappa shape index (κ3) is 5.64. The van der Waals surface area contributed by atoms with Crippen molar-refractivity contribution in [3.05, 3.63) is 59.7 Å². The summed E-state index contributed by atoms with van der Waals surface area (Å²) < 4.78 is 5.71. The molecular weight excluding hydrogens is 306 g/mol. The second-order valence-electron chi connectivity index (χ2n) is 5.46. The average molecular weight is 329 g/mol. The molecule has 3 nitrogen and oxygen atoms in total. The van der Waals surface area contributed by atoms with E-state index in [2.05, 4.69) is 24.4 Å². The Kier molecular flexibility index (Phi) is 6.53. The van der Waals surface area contributed by atoms with Crippen LogP contribution >= 0.6 is 11.8 Å². The summed E-state index contributed by atoms with van der Waals surface area (Å²) in [5.41, 5.74) is 2.38. The molecule has 0 spiro atoms. The van der Waals surface area contributed by atoms with Crippen LogP contribution in [-0.4, -0.2) is 24.3 Å². The molecule has 0 radical (unpaired) electrons. The number of benzene rings is 2. The highest BCUT2D eigenvalue weighted by molar-refractivity contribution is 7.99. The maximum atomic E-state index is 12.1. The fraction of sp³-hybridized carbons (Fsp3) is 0.316. The number of carbonyl (C=O) groups is 1. The molecule has 0 saturated heterocycles. The number of ether oxygens (including phenoxy) is 1.